The summed E-state index contributed by atoms with van der Waals surface area (Å²) in [5, 5.41) is 4.79. The van der Waals surface area contributed by atoms with Crippen LogP contribution >= 0.6 is 0 Å². The van der Waals surface area contributed by atoms with Crippen LogP contribution in [0.25, 0.3) is 10.9 Å². The Kier molecular flexibility index (Phi) is 6.77. The number of aryl methyl sites for hydroxylation is 1. The minimum absolute atomic E-state index is 0.758. The number of methoxy groups -OCH3 is 1. The summed E-state index contributed by atoms with van der Waals surface area (Å²) in [6.45, 7) is 5.94. The molecule has 1 aromatic carbocycles. The Balaban J connectivity index is 2.04. The Labute approximate surface area is 128 Å². The number of unbranched alkanes of at least 4 members (excludes halogenated alkanes) is 3. The lowest BCUT2D eigenvalue weighted by atomic mass is 10.1. The van der Waals surface area contributed by atoms with Crippen molar-refractivity contribution in [2.24, 2.45) is 0 Å². The first-order valence-corrected chi connectivity index (χ1v) is 8.13. The normalized spacial score (nSPS) is 11.3. The fraction of sp³-hybridized carbons (Fsp3) is 0.556. The maximum Gasteiger partial charge on any atom is 0.0587 e. The molecule has 0 radical (unpaired) electrons. The number of aromatic nitrogens is 1. The molecule has 0 saturated heterocycles. The molecule has 0 aliphatic heterocycles. The topological polar surface area (TPSA) is 26.2 Å². The van der Waals surface area contributed by atoms with Gasteiger partial charge in [0.2, 0.25) is 0 Å². The maximum atomic E-state index is 5.08. The van der Waals surface area contributed by atoms with Crippen LogP contribution in [0.15, 0.2) is 30.5 Å². The number of para-hydroxylation sites is 1. The van der Waals surface area contributed by atoms with Gasteiger partial charge in [0.05, 0.1) is 12.1 Å². The Hall–Kier alpha value is -1.32. The van der Waals surface area contributed by atoms with E-state index in [9.17, 15) is 0 Å². The van der Waals surface area contributed by atoms with Crippen molar-refractivity contribution in [1.82, 2.24) is 9.88 Å². The van der Waals surface area contributed by atoms with Crippen molar-refractivity contribution in [3.05, 3.63) is 36.0 Å². The first-order chi connectivity index (χ1) is 10.4. The average Bonchev–Trinajstić information content (AvgIpc) is 2.92. The van der Waals surface area contributed by atoms with Gasteiger partial charge in [-0.1, -0.05) is 44.4 Å². The predicted octanol–water partition coefficient (Wildman–Crippen LogP) is 3.96. The molecule has 21 heavy (non-hydrogen) atoms. The summed E-state index contributed by atoms with van der Waals surface area (Å²) < 4.78 is 7.50. The number of ether oxygens (including phenoxy) is 1. The Morgan fingerprint density at radius 2 is 2.05 bits per heavy atom. The Morgan fingerprint density at radius 3 is 2.86 bits per heavy atom. The third-order valence-corrected chi connectivity index (χ3v) is 3.92. The molecule has 1 heterocycles. The minimum atomic E-state index is 0.758. The molecule has 1 aromatic heterocycles. The molecule has 0 bridgehead atoms. The van der Waals surface area contributed by atoms with E-state index in [-0.39, 0.29) is 0 Å². The number of fused-ring (bicyclic) bond motifs is 1. The SMILES string of the molecule is CCCCCCn1ccc2cccc(CNCCOC)c21. The second kappa shape index (κ2) is 8.85. The first-order valence-electron chi connectivity index (χ1n) is 8.13. The summed E-state index contributed by atoms with van der Waals surface area (Å²) in [4.78, 5) is 0. The van der Waals surface area contributed by atoms with Gasteiger partial charge in [0.25, 0.3) is 0 Å². The lowest BCUT2D eigenvalue weighted by molar-refractivity contribution is 0.199. The van der Waals surface area contributed by atoms with Gasteiger partial charge in [0.15, 0.2) is 0 Å². The van der Waals surface area contributed by atoms with E-state index in [1.807, 2.05) is 0 Å². The van der Waals surface area contributed by atoms with Crippen molar-refractivity contribution >= 4 is 10.9 Å². The van der Waals surface area contributed by atoms with E-state index in [1.165, 1.54) is 42.1 Å². The number of nitrogens with zero attached hydrogens (tertiary/aromatic N) is 1. The zero-order valence-corrected chi connectivity index (χ0v) is 13.4. The predicted molar refractivity (Wildman–Crippen MR) is 89.7 cm³/mol. The molecule has 0 fully saturated rings. The van der Waals surface area contributed by atoms with Crippen LogP contribution in [-0.2, 0) is 17.8 Å². The van der Waals surface area contributed by atoms with Crippen LogP contribution in [0.5, 0.6) is 0 Å². The molecule has 3 heteroatoms. The molecular formula is C18H28N2O. The van der Waals surface area contributed by atoms with E-state index in [0.717, 1.165) is 26.2 Å². The highest BCUT2D eigenvalue weighted by Gasteiger charge is 2.06. The van der Waals surface area contributed by atoms with E-state index in [2.05, 4.69) is 47.3 Å². The number of hydrogen-bond donors (Lipinski definition) is 1. The van der Waals surface area contributed by atoms with Crippen molar-refractivity contribution < 1.29 is 4.74 Å². The molecule has 3 nitrogen and oxygen atoms in total. The third-order valence-electron chi connectivity index (χ3n) is 3.92. The molecule has 2 aromatic rings. The van der Waals surface area contributed by atoms with E-state index in [0.29, 0.717) is 0 Å². The number of benzene rings is 1. The monoisotopic (exact) mass is 288 g/mol. The molecule has 0 unspecified atom stereocenters. The van der Waals surface area contributed by atoms with Crippen molar-refractivity contribution in [2.45, 2.75) is 45.7 Å². The number of nitrogens with one attached hydrogen (secondary N) is 1. The zero-order chi connectivity index (χ0) is 14.9. The third kappa shape index (κ3) is 4.58. The zero-order valence-electron chi connectivity index (χ0n) is 13.4. The molecule has 0 aliphatic carbocycles. The standard InChI is InChI=1S/C18H28N2O/c1-3-4-5-6-12-20-13-10-16-8-7-9-17(18(16)20)15-19-11-14-21-2/h7-10,13,19H,3-6,11-12,14-15H2,1-2H3. The van der Waals surface area contributed by atoms with E-state index in [1.54, 1.807) is 7.11 Å². The fourth-order valence-corrected chi connectivity index (χ4v) is 2.78. The molecule has 0 amide bonds. The molecule has 0 atom stereocenters. The average molecular weight is 288 g/mol. The Morgan fingerprint density at radius 1 is 1.14 bits per heavy atom. The molecule has 1 N–H and O–H groups in total. The number of hydrogen-bond acceptors (Lipinski definition) is 2. The summed E-state index contributed by atoms with van der Waals surface area (Å²) in [7, 11) is 1.74. The number of rotatable bonds is 10. The van der Waals surface area contributed by atoms with Crippen molar-refractivity contribution in [1.29, 1.82) is 0 Å². The fourth-order valence-electron chi connectivity index (χ4n) is 2.78. The van der Waals surface area contributed by atoms with Crippen LogP contribution in [0, 0.1) is 0 Å². The van der Waals surface area contributed by atoms with Crippen LogP contribution in [0.1, 0.15) is 38.2 Å². The highest BCUT2D eigenvalue weighted by atomic mass is 16.5. The van der Waals surface area contributed by atoms with Crippen LogP contribution in [0.2, 0.25) is 0 Å². The summed E-state index contributed by atoms with van der Waals surface area (Å²) in [5.74, 6) is 0. The van der Waals surface area contributed by atoms with Crippen molar-refractivity contribution in [2.75, 3.05) is 20.3 Å². The van der Waals surface area contributed by atoms with Gasteiger partial charge in [-0.05, 0) is 23.4 Å². The van der Waals surface area contributed by atoms with Gasteiger partial charge in [-0.25, -0.2) is 0 Å². The Bertz CT molecular complexity index is 533. The molecule has 2 rings (SSSR count). The molecular weight excluding hydrogens is 260 g/mol. The molecule has 116 valence electrons. The van der Waals surface area contributed by atoms with Crippen molar-refractivity contribution in [3.8, 4) is 0 Å². The summed E-state index contributed by atoms with van der Waals surface area (Å²) in [5.41, 5.74) is 2.77. The van der Waals surface area contributed by atoms with Crippen LogP contribution in [-0.4, -0.2) is 24.8 Å². The van der Waals surface area contributed by atoms with Gasteiger partial charge in [0.1, 0.15) is 0 Å². The van der Waals surface area contributed by atoms with Crippen molar-refractivity contribution in [3.63, 3.8) is 0 Å². The molecule has 0 spiro atoms. The molecule has 0 saturated carbocycles. The van der Waals surface area contributed by atoms with E-state index < -0.39 is 0 Å². The van der Waals surface area contributed by atoms with Gasteiger partial charge < -0.3 is 14.6 Å². The van der Waals surface area contributed by atoms with Gasteiger partial charge in [0, 0.05) is 32.9 Å². The first kappa shape index (κ1) is 16.1. The minimum Gasteiger partial charge on any atom is -0.383 e. The lowest BCUT2D eigenvalue weighted by Crippen LogP contribution is -2.19. The van der Waals surface area contributed by atoms with E-state index in [4.69, 9.17) is 4.74 Å². The second-order valence-electron chi connectivity index (χ2n) is 5.59. The highest BCUT2D eigenvalue weighted by Crippen LogP contribution is 2.21. The van der Waals surface area contributed by atoms with Gasteiger partial charge in [-0.3, -0.25) is 0 Å². The van der Waals surface area contributed by atoms with Gasteiger partial charge in [-0.2, -0.15) is 0 Å². The summed E-state index contributed by atoms with van der Waals surface area (Å²) >= 11 is 0. The van der Waals surface area contributed by atoms with Gasteiger partial charge in [-0.15, -0.1) is 0 Å². The van der Waals surface area contributed by atoms with E-state index >= 15 is 0 Å². The lowest BCUT2D eigenvalue weighted by Gasteiger charge is -2.11. The smallest absolute Gasteiger partial charge is 0.0587 e. The largest absolute Gasteiger partial charge is 0.383 e. The molecule has 0 aliphatic rings. The summed E-state index contributed by atoms with van der Waals surface area (Å²) in [6, 6.07) is 8.81. The van der Waals surface area contributed by atoms with Crippen LogP contribution in [0.3, 0.4) is 0 Å². The van der Waals surface area contributed by atoms with Crippen LogP contribution < -0.4 is 5.32 Å². The highest BCUT2D eigenvalue weighted by molar-refractivity contribution is 5.83. The van der Waals surface area contributed by atoms with Gasteiger partial charge >= 0.3 is 0 Å². The maximum absolute atomic E-state index is 5.08. The second-order valence-corrected chi connectivity index (χ2v) is 5.59. The van der Waals surface area contributed by atoms with Crippen LogP contribution in [0.4, 0.5) is 0 Å². The summed E-state index contributed by atoms with van der Waals surface area (Å²) in [6.07, 6.45) is 7.45. The quantitative estimate of drug-likeness (QED) is 0.670.